The Balaban J connectivity index is 1.95. The lowest BCUT2D eigenvalue weighted by atomic mass is 10.4. The minimum atomic E-state index is -4.11. The highest BCUT2D eigenvalue weighted by molar-refractivity contribution is 7.55. The Morgan fingerprint density at radius 1 is 1.47 bits per heavy atom. The molecule has 19 heavy (non-hydrogen) atoms. The van der Waals surface area contributed by atoms with Crippen LogP contribution in [-0.4, -0.2) is 36.3 Å². The molecular formula is C9H12N5O4P. The highest BCUT2D eigenvalue weighted by Gasteiger charge is 2.08. The van der Waals surface area contributed by atoms with Crippen LogP contribution in [-0.2, 0) is 4.57 Å². The van der Waals surface area contributed by atoms with E-state index in [0.717, 1.165) is 5.82 Å². The van der Waals surface area contributed by atoms with Gasteiger partial charge in [0.2, 0.25) is 0 Å². The third-order valence-corrected chi connectivity index (χ3v) is 2.71. The van der Waals surface area contributed by atoms with Crippen molar-refractivity contribution in [3.8, 4) is 6.01 Å². The van der Waals surface area contributed by atoms with Gasteiger partial charge in [0.05, 0.1) is 12.9 Å². The van der Waals surface area contributed by atoms with Gasteiger partial charge in [-0.2, -0.15) is 9.97 Å². The Morgan fingerprint density at radius 3 is 3.00 bits per heavy atom. The third kappa shape index (κ3) is 3.75. The number of hydrogen-bond acceptors (Lipinski definition) is 6. The van der Waals surface area contributed by atoms with E-state index in [1.807, 2.05) is 0 Å². The van der Waals surface area contributed by atoms with Crippen molar-refractivity contribution >= 4 is 24.6 Å². The number of imidazole rings is 1. The molecule has 5 N–H and O–H groups in total. The monoisotopic (exact) mass is 285 g/mol. The van der Waals surface area contributed by atoms with E-state index in [4.69, 9.17) is 20.3 Å². The summed E-state index contributed by atoms with van der Waals surface area (Å²) in [6, 6.07) is 0.0710. The predicted molar refractivity (Wildman–Crippen MR) is 67.4 cm³/mol. The topological polar surface area (TPSA) is 147 Å². The lowest BCUT2D eigenvalue weighted by Crippen LogP contribution is -2.03. The molecule has 102 valence electrons. The van der Waals surface area contributed by atoms with E-state index in [1.165, 1.54) is 12.4 Å². The van der Waals surface area contributed by atoms with Gasteiger partial charge in [0.1, 0.15) is 5.52 Å². The summed E-state index contributed by atoms with van der Waals surface area (Å²) in [5.41, 5.74) is 6.60. The van der Waals surface area contributed by atoms with E-state index in [9.17, 15) is 4.57 Å². The van der Waals surface area contributed by atoms with E-state index in [0.29, 0.717) is 17.6 Å². The van der Waals surface area contributed by atoms with Gasteiger partial charge in [-0.1, -0.05) is 6.08 Å². The predicted octanol–water partition coefficient (Wildman–Crippen LogP) is 0.395. The first-order valence-corrected chi connectivity index (χ1v) is 6.96. The zero-order chi connectivity index (χ0) is 13.9. The Labute approximate surface area is 107 Å². The molecule has 2 rings (SSSR count). The van der Waals surface area contributed by atoms with Crippen LogP contribution in [0.2, 0.25) is 0 Å². The average Bonchev–Trinajstić information content (AvgIpc) is 2.75. The summed E-state index contributed by atoms with van der Waals surface area (Å²) in [4.78, 5) is 31.8. The van der Waals surface area contributed by atoms with Crippen molar-refractivity contribution in [3.63, 3.8) is 0 Å². The third-order valence-electron chi connectivity index (χ3n) is 2.11. The fourth-order valence-corrected chi connectivity index (χ4v) is 1.75. The smallest absolute Gasteiger partial charge is 0.348 e. The fraction of sp³-hybridized carbons (Fsp3) is 0.222. The second-order valence-corrected chi connectivity index (χ2v) is 5.08. The first-order chi connectivity index (χ1) is 8.96. The SMILES string of the molecule is Nc1nc(OCCC=CP(=O)(O)O)nc2nc[nH]c12. The van der Waals surface area contributed by atoms with Gasteiger partial charge in [0.15, 0.2) is 11.5 Å². The number of nitrogens with zero attached hydrogens (tertiary/aromatic N) is 3. The number of hydrogen-bond donors (Lipinski definition) is 4. The normalized spacial score (nSPS) is 12.3. The largest absolute Gasteiger partial charge is 0.463 e. The number of aromatic amines is 1. The van der Waals surface area contributed by atoms with E-state index in [-0.39, 0.29) is 18.4 Å². The molecule has 0 aliphatic carbocycles. The Kier molecular flexibility index (Phi) is 3.79. The minimum Gasteiger partial charge on any atom is -0.463 e. The van der Waals surface area contributed by atoms with Crippen LogP contribution in [0.15, 0.2) is 18.2 Å². The van der Waals surface area contributed by atoms with Crippen molar-refractivity contribution < 1.29 is 19.1 Å². The Morgan fingerprint density at radius 2 is 2.26 bits per heavy atom. The van der Waals surface area contributed by atoms with Gasteiger partial charge in [0, 0.05) is 12.2 Å². The van der Waals surface area contributed by atoms with E-state index in [2.05, 4.69) is 19.9 Å². The van der Waals surface area contributed by atoms with Gasteiger partial charge >= 0.3 is 13.6 Å². The van der Waals surface area contributed by atoms with Crippen LogP contribution in [0.3, 0.4) is 0 Å². The maximum absolute atomic E-state index is 10.5. The lowest BCUT2D eigenvalue weighted by molar-refractivity contribution is 0.300. The zero-order valence-electron chi connectivity index (χ0n) is 9.72. The Bertz CT molecular complexity index is 649. The van der Waals surface area contributed by atoms with Gasteiger partial charge in [-0.05, 0) is 0 Å². The summed E-state index contributed by atoms with van der Waals surface area (Å²) < 4.78 is 15.8. The van der Waals surface area contributed by atoms with Crippen molar-refractivity contribution in [1.29, 1.82) is 0 Å². The van der Waals surface area contributed by atoms with Gasteiger partial charge in [0.25, 0.3) is 0 Å². The van der Waals surface area contributed by atoms with Gasteiger partial charge in [-0.3, -0.25) is 4.57 Å². The molecule has 0 aliphatic rings. The summed E-state index contributed by atoms with van der Waals surface area (Å²) in [6.45, 7) is 0.172. The van der Waals surface area contributed by atoms with Crippen molar-refractivity contribution in [2.75, 3.05) is 12.3 Å². The maximum Gasteiger partial charge on any atom is 0.348 e. The molecule has 0 radical (unpaired) electrons. The number of rotatable bonds is 5. The highest BCUT2D eigenvalue weighted by atomic mass is 31.2. The van der Waals surface area contributed by atoms with Crippen molar-refractivity contribution in [3.05, 3.63) is 18.2 Å². The average molecular weight is 285 g/mol. The molecule has 2 aromatic heterocycles. The van der Waals surface area contributed by atoms with Crippen molar-refractivity contribution in [2.24, 2.45) is 0 Å². The highest BCUT2D eigenvalue weighted by Crippen LogP contribution is 2.35. The molecular weight excluding hydrogens is 273 g/mol. The number of fused-ring (bicyclic) bond motifs is 1. The number of ether oxygens (including phenoxy) is 1. The second kappa shape index (κ2) is 5.35. The number of nitrogens with two attached hydrogens (primary N) is 1. The van der Waals surface area contributed by atoms with Crippen LogP contribution < -0.4 is 10.5 Å². The summed E-state index contributed by atoms with van der Waals surface area (Å²) in [6.07, 6.45) is 3.09. The summed E-state index contributed by atoms with van der Waals surface area (Å²) in [7, 11) is -4.11. The molecule has 0 aliphatic heterocycles. The molecule has 0 fully saturated rings. The quantitative estimate of drug-likeness (QED) is 0.455. The number of aromatic nitrogens is 4. The molecule has 9 nitrogen and oxygen atoms in total. The molecule has 2 aromatic rings. The first kappa shape index (κ1) is 13.5. The number of anilines is 1. The van der Waals surface area contributed by atoms with Crippen molar-refractivity contribution in [2.45, 2.75) is 6.42 Å². The zero-order valence-corrected chi connectivity index (χ0v) is 10.6. The van der Waals surface area contributed by atoms with Crippen LogP contribution in [0.25, 0.3) is 11.2 Å². The number of H-pyrrole nitrogens is 1. The van der Waals surface area contributed by atoms with Crippen LogP contribution in [0.5, 0.6) is 6.01 Å². The molecule has 0 bridgehead atoms. The van der Waals surface area contributed by atoms with Gasteiger partial charge in [-0.25, -0.2) is 4.98 Å². The lowest BCUT2D eigenvalue weighted by Gasteiger charge is -2.03. The van der Waals surface area contributed by atoms with Crippen LogP contribution >= 0.6 is 7.60 Å². The summed E-state index contributed by atoms with van der Waals surface area (Å²) >= 11 is 0. The molecule has 0 unspecified atom stereocenters. The molecule has 0 atom stereocenters. The van der Waals surface area contributed by atoms with E-state index < -0.39 is 7.60 Å². The van der Waals surface area contributed by atoms with Crippen LogP contribution in [0, 0.1) is 0 Å². The summed E-state index contributed by atoms with van der Waals surface area (Å²) in [5, 5.41) is 0. The molecule has 10 heteroatoms. The molecule has 0 spiro atoms. The summed E-state index contributed by atoms with van der Waals surface area (Å²) in [5.74, 6) is 1.05. The van der Waals surface area contributed by atoms with Crippen LogP contribution in [0.4, 0.5) is 5.82 Å². The molecule has 0 saturated carbocycles. The first-order valence-electron chi connectivity index (χ1n) is 5.28. The molecule has 0 saturated heterocycles. The maximum atomic E-state index is 10.5. The van der Waals surface area contributed by atoms with Crippen LogP contribution in [0.1, 0.15) is 6.42 Å². The standard InChI is InChI=1S/C9H12N5O4P/c10-7-6-8(12-5-11-6)14-9(13-7)18-3-1-2-4-19(15,16)17/h2,4-5H,1,3H2,(H2,15,16,17)(H3,10,11,12,13,14). The van der Waals surface area contributed by atoms with Gasteiger partial charge < -0.3 is 25.2 Å². The molecule has 2 heterocycles. The fourth-order valence-electron chi connectivity index (χ4n) is 1.33. The molecule has 0 amide bonds. The van der Waals surface area contributed by atoms with E-state index >= 15 is 0 Å². The minimum absolute atomic E-state index is 0.0710. The number of nitrogen functional groups attached to an aromatic ring is 1. The van der Waals surface area contributed by atoms with Gasteiger partial charge in [-0.15, -0.1) is 0 Å². The Hall–Kier alpha value is -1.96. The van der Waals surface area contributed by atoms with E-state index in [1.54, 1.807) is 0 Å². The number of nitrogens with one attached hydrogen (secondary N) is 1. The van der Waals surface area contributed by atoms with Crippen molar-refractivity contribution in [1.82, 2.24) is 19.9 Å². The second-order valence-electron chi connectivity index (χ2n) is 3.60. The molecule has 0 aromatic carbocycles.